The van der Waals surface area contributed by atoms with Gasteiger partial charge < -0.3 is 15.4 Å². The molecule has 2 heterocycles. The second-order valence-corrected chi connectivity index (χ2v) is 8.78. The maximum absolute atomic E-state index is 13.4. The Hall–Kier alpha value is -3.26. The van der Waals surface area contributed by atoms with Crippen molar-refractivity contribution in [3.63, 3.8) is 0 Å². The zero-order valence-corrected chi connectivity index (χ0v) is 17.6. The van der Waals surface area contributed by atoms with E-state index in [0.717, 1.165) is 17.1 Å². The van der Waals surface area contributed by atoms with Gasteiger partial charge in [0.05, 0.1) is 17.4 Å². The number of hydrogen-bond acceptors (Lipinski definition) is 5. The van der Waals surface area contributed by atoms with Gasteiger partial charge in [0, 0.05) is 28.5 Å². The molecule has 4 nitrogen and oxygen atoms in total. The van der Waals surface area contributed by atoms with E-state index in [4.69, 9.17) is 0 Å². The molecule has 0 amide bonds. The molecule has 8 heteroatoms. The number of nitrogens with one attached hydrogen (secondary N) is 2. The van der Waals surface area contributed by atoms with Crippen molar-refractivity contribution in [3.8, 4) is 5.75 Å². The number of thiophene rings is 1. The summed E-state index contributed by atoms with van der Waals surface area (Å²) in [7, 11) is 0. The van der Waals surface area contributed by atoms with Crippen LogP contribution in [0.2, 0.25) is 0 Å². The van der Waals surface area contributed by atoms with Crippen molar-refractivity contribution >= 4 is 28.5 Å². The number of rotatable bonds is 3. The Balaban J connectivity index is 1.55. The molecule has 164 valence electrons. The van der Waals surface area contributed by atoms with Crippen molar-refractivity contribution in [3.05, 3.63) is 87.8 Å². The molecule has 2 aromatic carbocycles. The first-order chi connectivity index (χ1) is 15.4. The summed E-state index contributed by atoms with van der Waals surface area (Å²) < 4.78 is 41.6. The second kappa shape index (κ2) is 8.02. The fourth-order valence-electron chi connectivity index (χ4n) is 4.33. The number of ether oxygens (including phenoxy) is 1. The number of fused-ring (bicyclic) bond motifs is 1. The van der Waals surface area contributed by atoms with Crippen LogP contribution in [0.1, 0.15) is 35.2 Å². The number of para-hydroxylation sites is 2. The quantitative estimate of drug-likeness (QED) is 0.465. The Morgan fingerprint density at radius 1 is 0.938 bits per heavy atom. The summed E-state index contributed by atoms with van der Waals surface area (Å²) in [5.74, 6) is -0.171. The summed E-state index contributed by atoms with van der Waals surface area (Å²) in [4.78, 5) is 14.5. The molecule has 32 heavy (non-hydrogen) atoms. The first-order valence-electron chi connectivity index (χ1n) is 10.2. The van der Waals surface area contributed by atoms with Crippen LogP contribution < -0.4 is 15.4 Å². The van der Waals surface area contributed by atoms with Gasteiger partial charge >= 0.3 is 6.36 Å². The van der Waals surface area contributed by atoms with E-state index in [9.17, 15) is 18.0 Å². The Kier molecular flexibility index (Phi) is 5.17. The molecule has 0 saturated carbocycles. The van der Waals surface area contributed by atoms with E-state index in [1.807, 2.05) is 41.8 Å². The first kappa shape index (κ1) is 20.6. The highest BCUT2D eigenvalue weighted by Gasteiger charge is 2.36. The third kappa shape index (κ3) is 4.10. The van der Waals surface area contributed by atoms with Gasteiger partial charge in [-0.05, 0) is 47.7 Å². The molecule has 1 aliphatic heterocycles. The van der Waals surface area contributed by atoms with Gasteiger partial charge in [-0.25, -0.2) is 0 Å². The lowest BCUT2D eigenvalue weighted by Crippen LogP contribution is -2.26. The van der Waals surface area contributed by atoms with E-state index in [1.165, 1.54) is 17.0 Å². The molecule has 2 atom stereocenters. The van der Waals surface area contributed by atoms with Crippen LogP contribution in [0.5, 0.6) is 5.75 Å². The number of carbonyl (C=O) groups excluding carboxylic acids is 1. The average molecular weight is 456 g/mol. The number of carbonyl (C=O) groups is 1. The topological polar surface area (TPSA) is 50.4 Å². The summed E-state index contributed by atoms with van der Waals surface area (Å²) in [6, 6.07) is 16.9. The minimum atomic E-state index is -4.75. The van der Waals surface area contributed by atoms with E-state index >= 15 is 0 Å². The number of Topliss-reactive ketones (excluding diaryl/α,β-unsaturated/α-hetero) is 1. The van der Waals surface area contributed by atoms with E-state index < -0.39 is 12.4 Å². The van der Waals surface area contributed by atoms with Crippen LogP contribution >= 0.6 is 11.3 Å². The van der Waals surface area contributed by atoms with Gasteiger partial charge in [-0.3, -0.25) is 4.79 Å². The highest BCUT2D eigenvalue weighted by atomic mass is 32.1. The molecule has 0 spiro atoms. The number of hydrogen-bond donors (Lipinski definition) is 2. The maximum atomic E-state index is 13.4. The van der Waals surface area contributed by atoms with Crippen LogP contribution in [0, 0.1) is 0 Å². The molecule has 2 N–H and O–H groups in total. The predicted molar refractivity (Wildman–Crippen MR) is 118 cm³/mol. The molecule has 0 fully saturated rings. The lowest BCUT2D eigenvalue weighted by atomic mass is 9.81. The molecular weight excluding hydrogens is 437 g/mol. The van der Waals surface area contributed by atoms with E-state index in [1.54, 1.807) is 23.5 Å². The standard InChI is InChI=1S/C24H19F3N2O2S/c25-24(26,27)31-16-9-7-14(8-10-16)23-22-19(28-17-4-1-2-5-18(17)29-23)12-15(13-20(22)30)21-6-3-11-32-21/h1-11,15,23,28-29H,12-13H2/t15-,23-/m0/s1. The summed E-state index contributed by atoms with van der Waals surface area (Å²) in [5, 5.41) is 8.88. The molecule has 3 aromatic rings. The molecule has 2 aliphatic rings. The van der Waals surface area contributed by atoms with Gasteiger partial charge in [0.2, 0.25) is 0 Å². The minimum Gasteiger partial charge on any atom is -0.406 e. The number of ketones is 1. The molecule has 0 radical (unpaired) electrons. The number of alkyl halides is 3. The van der Waals surface area contributed by atoms with Crippen LogP contribution in [-0.4, -0.2) is 12.1 Å². The van der Waals surface area contributed by atoms with Gasteiger partial charge in [-0.1, -0.05) is 30.3 Å². The van der Waals surface area contributed by atoms with Crippen molar-refractivity contribution in [1.82, 2.24) is 0 Å². The molecule has 1 aliphatic carbocycles. The SMILES string of the molecule is O=C1C[C@@H](c2cccs2)CC2=C1[C@H](c1ccc(OC(F)(F)F)cc1)Nc1ccccc1N2. The van der Waals surface area contributed by atoms with E-state index in [0.29, 0.717) is 24.0 Å². The molecular formula is C24H19F3N2O2S. The molecule has 0 unspecified atom stereocenters. The van der Waals surface area contributed by atoms with Crippen molar-refractivity contribution in [2.75, 3.05) is 10.6 Å². The van der Waals surface area contributed by atoms with E-state index in [2.05, 4.69) is 15.4 Å². The average Bonchev–Trinajstić information content (AvgIpc) is 3.22. The normalized spacial score (nSPS) is 20.5. The largest absolute Gasteiger partial charge is 0.573 e. The van der Waals surface area contributed by atoms with Gasteiger partial charge in [0.15, 0.2) is 5.78 Å². The van der Waals surface area contributed by atoms with Crippen LogP contribution in [0.15, 0.2) is 77.3 Å². The predicted octanol–water partition coefficient (Wildman–Crippen LogP) is 6.63. The van der Waals surface area contributed by atoms with Crippen molar-refractivity contribution < 1.29 is 22.7 Å². The van der Waals surface area contributed by atoms with Gasteiger partial charge in [0.25, 0.3) is 0 Å². The molecule has 0 saturated heterocycles. The zero-order valence-electron chi connectivity index (χ0n) is 16.8. The highest BCUT2D eigenvalue weighted by Crippen LogP contribution is 2.45. The van der Waals surface area contributed by atoms with Crippen LogP contribution in [0.3, 0.4) is 0 Å². The van der Waals surface area contributed by atoms with Gasteiger partial charge in [-0.2, -0.15) is 0 Å². The summed E-state index contributed by atoms with van der Waals surface area (Å²) in [6.45, 7) is 0. The second-order valence-electron chi connectivity index (χ2n) is 7.80. The van der Waals surface area contributed by atoms with Crippen molar-refractivity contribution in [1.29, 1.82) is 0 Å². The third-order valence-electron chi connectivity index (χ3n) is 5.70. The third-order valence-corrected chi connectivity index (χ3v) is 6.74. The number of halogens is 3. The van der Waals surface area contributed by atoms with Crippen molar-refractivity contribution in [2.24, 2.45) is 0 Å². The first-order valence-corrected chi connectivity index (χ1v) is 11.0. The van der Waals surface area contributed by atoms with Gasteiger partial charge in [0.1, 0.15) is 5.75 Å². The summed E-state index contributed by atoms with van der Waals surface area (Å²) in [6.07, 6.45) is -3.68. The van der Waals surface area contributed by atoms with Crippen molar-refractivity contribution in [2.45, 2.75) is 31.2 Å². The summed E-state index contributed by atoms with van der Waals surface area (Å²) >= 11 is 1.64. The molecule has 5 rings (SSSR count). The monoisotopic (exact) mass is 456 g/mol. The van der Waals surface area contributed by atoms with Crippen LogP contribution in [0.4, 0.5) is 24.5 Å². The Bertz CT molecular complexity index is 1170. The zero-order chi connectivity index (χ0) is 22.3. The minimum absolute atomic E-state index is 0.0260. The number of allylic oxidation sites excluding steroid dienone is 1. The Morgan fingerprint density at radius 3 is 2.38 bits per heavy atom. The van der Waals surface area contributed by atoms with E-state index in [-0.39, 0.29) is 17.5 Å². The summed E-state index contributed by atoms with van der Waals surface area (Å²) in [5.41, 5.74) is 3.84. The maximum Gasteiger partial charge on any atom is 0.573 e. The molecule has 0 bridgehead atoms. The van der Waals surface area contributed by atoms with Gasteiger partial charge in [-0.15, -0.1) is 24.5 Å². The van der Waals surface area contributed by atoms with Crippen LogP contribution in [0.25, 0.3) is 0 Å². The smallest absolute Gasteiger partial charge is 0.406 e. The number of benzene rings is 2. The highest BCUT2D eigenvalue weighted by molar-refractivity contribution is 7.10. The lowest BCUT2D eigenvalue weighted by molar-refractivity contribution is -0.274. The Morgan fingerprint density at radius 2 is 1.69 bits per heavy atom. The fourth-order valence-corrected chi connectivity index (χ4v) is 5.16. The Labute approximate surface area is 186 Å². The van der Waals surface area contributed by atoms with Crippen LogP contribution in [-0.2, 0) is 4.79 Å². The fraction of sp³-hybridized carbons (Fsp3) is 0.208. The molecule has 1 aromatic heterocycles. The number of anilines is 2. The lowest BCUT2D eigenvalue weighted by Gasteiger charge is -2.29.